The predicted octanol–water partition coefficient (Wildman–Crippen LogP) is 4.54. The highest BCUT2D eigenvalue weighted by atomic mass is 35.5. The van der Waals surface area contributed by atoms with Gasteiger partial charge in [0, 0.05) is 17.0 Å². The topological polar surface area (TPSA) is 63.2 Å². The maximum atomic E-state index is 8.97. The van der Waals surface area contributed by atoms with Gasteiger partial charge < -0.3 is 4.74 Å². The van der Waals surface area contributed by atoms with Crippen LogP contribution in [0.5, 0.6) is 5.88 Å². The third kappa shape index (κ3) is 3.48. The van der Waals surface area contributed by atoms with Gasteiger partial charge >= 0.3 is 0 Å². The lowest BCUT2D eigenvalue weighted by Gasteiger charge is -2.10. The number of nitrogens with zero attached hydrogens (tertiary/aromatic N) is 4. The van der Waals surface area contributed by atoms with Crippen LogP contribution in [0, 0.1) is 11.3 Å². The molecule has 5 nitrogen and oxygen atoms in total. The number of hydrogen-bond acceptors (Lipinski definition) is 4. The first-order valence-corrected chi connectivity index (χ1v) is 8.85. The Morgan fingerprint density at radius 2 is 1.78 bits per heavy atom. The van der Waals surface area contributed by atoms with Crippen LogP contribution < -0.4 is 4.74 Å². The molecule has 6 heteroatoms. The number of fused-ring (bicyclic) bond motifs is 1. The van der Waals surface area contributed by atoms with Crippen LogP contribution >= 0.6 is 11.6 Å². The molecule has 27 heavy (non-hydrogen) atoms. The largest absolute Gasteiger partial charge is 0.478 e. The molecule has 0 aliphatic heterocycles. The van der Waals surface area contributed by atoms with Gasteiger partial charge in [-0.3, -0.25) is 0 Å². The summed E-state index contributed by atoms with van der Waals surface area (Å²) in [6, 6.07) is 22.7. The zero-order valence-electron chi connectivity index (χ0n) is 14.3. The Balaban J connectivity index is 1.62. The minimum atomic E-state index is 0.480. The Kier molecular flexibility index (Phi) is 4.73. The van der Waals surface area contributed by atoms with Crippen LogP contribution in [0.4, 0.5) is 0 Å². The molecule has 0 saturated carbocycles. The molecule has 2 aromatic carbocycles. The number of rotatable bonds is 5. The highest BCUT2D eigenvalue weighted by Gasteiger charge is 2.12. The first-order valence-electron chi connectivity index (χ1n) is 8.47. The van der Waals surface area contributed by atoms with Crippen molar-refractivity contribution in [1.29, 1.82) is 5.26 Å². The highest BCUT2D eigenvalue weighted by molar-refractivity contribution is 6.31. The highest BCUT2D eigenvalue weighted by Crippen LogP contribution is 2.24. The number of hydrogen-bond donors (Lipinski definition) is 0. The molecule has 0 amide bonds. The zero-order chi connectivity index (χ0) is 18.6. The minimum Gasteiger partial charge on any atom is -0.478 e. The second kappa shape index (κ2) is 7.48. The molecule has 0 N–H and O–H groups in total. The van der Waals surface area contributed by atoms with Crippen LogP contribution in [0.3, 0.4) is 0 Å². The van der Waals surface area contributed by atoms with E-state index in [1.165, 1.54) is 0 Å². The van der Waals surface area contributed by atoms with Crippen molar-refractivity contribution >= 4 is 17.2 Å². The van der Waals surface area contributed by atoms with Gasteiger partial charge in [0.25, 0.3) is 0 Å². The van der Waals surface area contributed by atoms with Crippen LogP contribution in [-0.4, -0.2) is 21.2 Å². The summed E-state index contributed by atoms with van der Waals surface area (Å²) in [6.07, 6.45) is 0.699. The normalized spacial score (nSPS) is 10.7. The lowest BCUT2D eigenvalue weighted by atomic mass is 10.1. The Labute approximate surface area is 161 Å². The molecule has 4 aromatic rings. The van der Waals surface area contributed by atoms with Crippen molar-refractivity contribution in [2.24, 2.45) is 0 Å². The summed E-state index contributed by atoms with van der Waals surface area (Å²) in [5.41, 5.74) is 3.21. The van der Waals surface area contributed by atoms with Gasteiger partial charge in [0.1, 0.15) is 0 Å². The van der Waals surface area contributed by atoms with Gasteiger partial charge in [0.05, 0.1) is 18.2 Å². The van der Waals surface area contributed by atoms with Crippen molar-refractivity contribution in [3.8, 4) is 23.3 Å². The number of nitriles is 1. The van der Waals surface area contributed by atoms with Crippen LogP contribution in [0.15, 0.2) is 66.7 Å². The second-order valence-electron chi connectivity index (χ2n) is 5.96. The summed E-state index contributed by atoms with van der Waals surface area (Å²) in [6.45, 7) is 0.480. The van der Waals surface area contributed by atoms with Crippen LogP contribution in [0.2, 0.25) is 5.02 Å². The van der Waals surface area contributed by atoms with Crippen molar-refractivity contribution in [1.82, 2.24) is 14.6 Å². The molecule has 0 radical (unpaired) electrons. The minimum absolute atomic E-state index is 0.480. The Hall–Kier alpha value is -3.36. The van der Waals surface area contributed by atoms with Gasteiger partial charge in [-0.05, 0) is 48.0 Å². The third-order valence-corrected chi connectivity index (χ3v) is 4.61. The Morgan fingerprint density at radius 3 is 2.56 bits per heavy atom. The fraction of sp³-hybridized carbons (Fsp3) is 0.0952. The van der Waals surface area contributed by atoms with Crippen LogP contribution in [0.1, 0.15) is 11.1 Å². The number of aromatic nitrogens is 3. The lowest BCUT2D eigenvalue weighted by molar-refractivity contribution is 0.306. The van der Waals surface area contributed by atoms with Crippen LogP contribution in [-0.2, 0) is 6.42 Å². The van der Waals surface area contributed by atoms with Gasteiger partial charge in [0.2, 0.25) is 5.88 Å². The maximum absolute atomic E-state index is 8.97. The quantitative estimate of drug-likeness (QED) is 0.514. The van der Waals surface area contributed by atoms with E-state index in [-0.39, 0.29) is 0 Å². The van der Waals surface area contributed by atoms with E-state index < -0.39 is 0 Å². The molecule has 0 spiro atoms. The van der Waals surface area contributed by atoms with Gasteiger partial charge in [-0.15, -0.1) is 10.2 Å². The number of ether oxygens (including phenoxy) is 1. The fourth-order valence-electron chi connectivity index (χ4n) is 2.87. The van der Waals surface area contributed by atoms with E-state index in [1.54, 1.807) is 12.1 Å². The number of halogens is 1. The summed E-state index contributed by atoms with van der Waals surface area (Å²) in [5.74, 6) is 1.33. The molecule has 0 bridgehead atoms. The van der Waals surface area contributed by atoms with Crippen molar-refractivity contribution in [2.75, 3.05) is 6.61 Å². The monoisotopic (exact) mass is 374 g/mol. The Bertz CT molecular complexity index is 1130. The van der Waals surface area contributed by atoms with Crippen molar-refractivity contribution < 1.29 is 4.74 Å². The first-order chi connectivity index (χ1) is 13.3. The smallest absolute Gasteiger partial charge is 0.201 e. The molecule has 4 rings (SSSR count). The van der Waals surface area contributed by atoms with E-state index >= 15 is 0 Å². The third-order valence-electron chi connectivity index (χ3n) is 4.24. The average molecular weight is 375 g/mol. The predicted molar refractivity (Wildman–Crippen MR) is 104 cm³/mol. The van der Waals surface area contributed by atoms with Gasteiger partial charge in [0.15, 0.2) is 11.5 Å². The summed E-state index contributed by atoms with van der Waals surface area (Å²) >= 11 is 6.21. The van der Waals surface area contributed by atoms with E-state index in [4.69, 9.17) is 21.6 Å². The average Bonchev–Trinajstić information content (AvgIpc) is 3.14. The molecule has 0 aliphatic carbocycles. The molecule has 2 aromatic heterocycles. The van der Waals surface area contributed by atoms with E-state index in [0.717, 1.165) is 16.1 Å². The summed E-state index contributed by atoms with van der Waals surface area (Å²) in [5, 5.41) is 18.2. The van der Waals surface area contributed by atoms with Crippen molar-refractivity contribution in [3.05, 3.63) is 82.9 Å². The molecule has 0 atom stereocenters. The molecule has 0 fully saturated rings. The fourth-order valence-corrected chi connectivity index (χ4v) is 3.10. The maximum Gasteiger partial charge on any atom is 0.201 e. The Morgan fingerprint density at radius 1 is 0.963 bits per heavy atom. The molecule has 0 aliphatic rings. The molecular formula is C21H15ClN4O. The molecule has 0 saturated heterocycles. The van der Waals surface area contributed by atoms with Gasteiger partial charge in [-0.25, -0.2) is 4.40 Å². The van der Waals surface area contributed by atoms with E-state index in [0.29, 0.717) is 35.9 Å². The number of benzene rings is 2. The lowest BCUT2D eigenvalue weighted by Crippen LogP contribution is -2.05. The molecule has 2 heterocycles. The zero-order valence-corrected chi connectivity index (χ0v) is 15.1. The molecule has 132 valence electrons. The SMILES string of the molecule is N#Cc1ccc(-c2nnc3cccc(OCCc4ccccc4Cl)n23)cc1. The summed E-state index contributed by atoms with van der Waals surface area (Å²) in [7, 11) is 0. The van der Waals surface area contributed by atoms with Gasteiger partial charge in [-0.2, -0.15) is 5.26 Å². The second-order valence-corrected chi connectivity index (χ2v) is 6.37. The standard InChI is InChI=1S/C21H15ClN4O/c22-18-5-2-1-4-16(18)12-13-27-20-7-3-6-19-24-25-21(26(19)20)17-10-8-15(14-23)9-11-17/h1-11H,12-13H2. The van der Waals surface area contributed by atoms with E-state index in [1.807, 2.05) is 59.0 Å². The summed E-state index contributed by atoms with van der Waals surface area (Å²) < 4.78 is 7.88. The van der Waals surface area contributed by atoms with Crippen LogP contribution in [0.25, 0.3) is 17.0 Å². The van der Waals surface area contributed by atoms with Crippen molar-refractivity contribution in [3.63, 3.8) is 0 Å². The van der Waals surface area contributed by atoms with Crippen molar-refractivity contribution in [2.45, 2.75) is 6.42 Å². The molecule has 0 unspecified atom stereocenters. The molecular weight excluding hydrogens is 360 g/mol. The van der Waals surface area contributed by atoms with Gasteiger partial charge in [-0.1, -0.05) is 35.9 Å². The summed E-state index contributed by atoms with van der Waals surface area (Å²) in [4.78, 5) is 0. The number of pyridine rings is 1. The van der Waals surface area contributed by atoms with E-state index in [9.17, 15) is 0 Å². The first kappa shape index (κ1) is 17.1. The van der Waals surface area contributed by atoms with E-state index in [2.05, 4.69) is 16.3 Å².